The highest BCUT2D eigenvalue weighted by Crippen LogP contribution is 2.41. The van der Waals surface area contributed by atoms with Gasteiger partial charge in [-0.15, -0.1) is 0 Å². The average molecular weight is 660 g/mol. The van der Waals surface area contributed by atoms with Crippen LogP contribution in [0.25, 0.3) is 0 Å². The van der Waals surface area contributed by atoms with Crippen LogP contribution in [0.15, 0.2) is 0 Å². The minimum atomic E-state index is -1.77. The van der Waals surface area contributed by atoms with Gasteiger partial charge in [-0.3, -0.25) is 4.79 Å². The van der Waals surface area contributed by atoms with Crippen LogP contribution in [-0.2, 0) is 19.0 Å². The molecule has 3 aliphatic heterocycles. The molecule has 0 aromatic heterocycles. The molecule has 0 spiro atoms. The number of cyclic esters (lactones) is 1. The van der Waals surface area contributed by atoms with E-state index in [1.54, 1.807) is 34.6 Å². The summed E-state index contributed by atoms with van der Waals surface area (Å²) >= 11 is 0. The summed E-state index contributed by atoms with van der Waals surface area (Å²) in [7, 11) is 3.78. The summed E-state index contributed by atoms with van der Waals surface area (Å²) in [4.78, 5) is 18.0. The van der Waals surface area contributed by atoms with Crippen molar-refractivity contribution in [2.45, 2.75) is 153 Å². The summed E-state index contributed by atoms with van der Waals surface area (Å²) in [6.07, 6.45) is -2.70. The Morgan fingerprint density at radius 2 is 1.65 bits per heavy atom. The van der Waals surface area contributed by atoms with Crippen LogP contribution in [0, 0.1) is 17.8 Å². The van der Waals surface area contributed by atoms with E-state index in [2.05, 4.69) is 10.2 Å². The third-order valence-electron chi connectivity index (χ3n) is 11.1. The van der Waals surface area contributed by atoms with Gasteiger partial charge in [0.1, 0.15) is 23.9 Å². The molecule has 0 amide bonds. The van der Waals surface area contributed by atoms with Gasteiger partial charge >= 0.3 is 5.97 Å². The van der Waals surface area contributed by atoms with Gasteiger partial charge in [0, 0.05) is 24.5 Å². The lowest BCUT2D eigenvalue weighted by Gasteiger charge is -2.50. The smallest absolute Gasteiger partial charge is 0.312 e. The van der Waals surface area contributed by atoms with Crippen molar-refractivity contribution in [3.8, 4) is 0 Å². The van der Waals surface area contributed by atoms with Gasteiger partial charge in [0.25, 0.3) is 0 Å². The molecule has 3 saturated heterocycles. The molecule has 0 radical (unpaired) electrons. The van der Waals surface area contributed by atoms with Crippen LogP contribution in [0.5, 0.6) is 0 Å². The molecule has 0 aromatic rings. The van der Waals surface area contributed by atoms with Crippen LogP contribution < -0.4 is 5.32 Å². The number of likely N-dealkylation sites (N-methyl/N-ethyl adjacent to an activating group) is 1. The number of nitrogens with zero attached hydrogens (tertiary/aromatic N) is 2. The number of aliphatic hydroxyl groups excluding tert-OH is 2. The second-order valence-electron chi connectivity index (χ2n) is 15.5. The lowest BCUT2D eigenvalue weighted by atomic mass is 9.70. The van der Waals surface area contributed by atoms with Gasteiger partial charge in [-0.25, -0.2) is 0 Å². The Bertz CT molecular complexity index is 978. The molecule has 3 fully saturated rings. The van der Waals surface area contributed by atoms with E-state index in [9.17, 15) is 30.3 Å². The van der Waals surface area contributed by atoms with E-state index in [0.717, 1.165) is 25.9 Å². The first-order valence-corrected chi connectivity index (χ1v) is 17.4. The number of likely N-dealkylation sites (tertiary alicyclic amines) is 1. The molecule has 3 aliphatic rings. The minimum absolute atomic E-state index is 0.132. The van der Waals surface area contributed by atoms with Gasteiger partial charge < -0.3 is 54.9 Å². The Morgan fingerprint density at radius 3 is 2.22 bits per heavy atom. The third-order valence-corrected chi connectivity index (χ3v) is 11.1. The van der Waals surface area contributed by atoms with Crippen molar-refractivity contribution < 1.29 is 44.5 Å². The molecule has 46 heavy (non-hydrogen) atoms. The normalized spacial score (nSPS) is 47.7. The molecular formula is C34H65N3O9. The van der Waals surface area contributed by atoms with Crippen LogP contribution in [0.3, 0.4) is 0 Å². The molecule has 0 aliphatic carbocycles. The second-order valence-corrected chi connectivity index (χ2v) is 15.5. The maximum Gasteiger partial charge on any atom is 0.312 e. The largest absolute Gasteiger partial charge is 0.459 e. The van der Waals surface area contributed by atoms with E-state index < -0.39 is 71.4 Å². The first kappa shape index (κ1) is 39.5. The highest BCUT2D eigenvalue weighted by molar-refractivity contribution is 5.74. The zero-order valence-electron chi connectivity index (χ0n) is 30.0. The Kier molecular flexibility index (Phi) is 13.5. The van der Waals surface area contributed by atoms with Crippen molar-refractivity contribution in [3.63, 3.8) is 0 Å². The summed E-state index contributed by atoms with van der Waals surface area (Å²) in [5.41, 5.74) is -5.07. The maximum absolute atomic E-state index is 14.0. The first-order chi connectivity index (χ1) is 21.3. The Morgan fingerprint density at radius 1 is 1.04 bits per heavy atom. The Hall–Kier alpha value is -0.930. The van der Waals surface area contributed by atoms with Gasteiger partial charge in [-0.05, 0) is 106 Å². The molecule has 270 valence electrons. The van der Waals surface area contributed by atoms with Crippen molar-refractivity contribution in [2.24, 2.45) is 17.8 Å². The van der Waals surface area contributed by atoms with Gasteiger partial charge in [-0.1, -0.05) is 20.8 Å². The molecule has 6 N–H and O–H groups in total. The number of hydrogen-bond donors (Lipinski definition) is 6. The van der Waals surface area contributed by atoms with Crippen molar-refractivity contribution >= 4 is 5.97 Å². The lowest BCUT2D eigenvalue weighted by molar-refractivity contribution is -0.305. The molecule has 3 rings (SSSR count). The Balaban J connectivity index is 2.13. The minimum Gasteiger partial charge on any atom is -0.459 e. The monoisotopic (exact) mass is 659 g/mol. The third kappa shape index (κ3) is 8.80. The van der Waals surface area contributed by atoms with Gasteiger partial charge in [0.15, 0.2) is 6.29 Å². The van der Waals surface area contributed by atoms with Crippen molar-refractivity contribution in [1.29, 1.82) is 0 Å². The molecule has 0 aromatic carbocycles. The van der Waals surface area contributed by atoms with E-state index in [1.165, 1.54) is 6.92 Å². The summed E-state index contributed by atoms with van der Waals surface area (Å²) in [5.74, 6) is -2.79. The second kappa shape index (κ2) is 15.7. The van der Waals surface area contributed by atoms with Crippen molar-refractivity contribution in [3.05, 3.63) is 0 Å². The lowest BCUT2D eigenvalue weighted by Crippen LogP contribution is -2.64. The molecule has 0 saturated carbocycles. The standard InChI is InChI=1S/C34H65N3O9/c1-11-26-33(8,42)28(39)24(6)35-18-20(2)17-32(7,41)29(46-31-27(38)25(36(9)10)16-21(3)44-31)22(4)34(43,23(5)30(40)45-26)19-37-14-12-13-15-37/h20-29,31,35,38-39,41-43H,11-19H2,1-10H3/t20-,21-,22-,23?,24-,25+,26-,27-,28-,29-,31+,32+,33-,34-/m1/s1. The molecular weight excluding hydrogens is 594 g/mol. The van der Waals surface area contributed by atoms with Crippen LogP contribution in [-0.4, -0.2) is 147 Å². The zero-order valence-corrected chi connectivity index (χ0v) is 30.0. The van der Waals surface area contributed by atoms with Gasteiger partial charge in [0.2, 0.25) is 0 Å². The first-order valence-electron chi connectivity index (χ1n) is 17.4. The van der Waals surface area contributed by atoms with E-state index in [-0.39, 0.29) is 37.5 Å². The van der Waals surface area contributed by atoms with Crippen LogP contribution in [0.4, 0.5) is 0 Å². The van der Waals surface area contributed by atoms with Gasteiger partial charge in [0.05, 0.1) is 29.3 Å². The number of rotatable bonds is 6. The fraction of sp³-hybridized carbons (Fsp3) is 0.971. The van der Waals surface area contributed by atoms with E-state index in [1.807, 2.05) is 32.8 Å². The molecule has 0 bridgehead atoms. The topological polar surface area (TPSA) is 164 Å². The SMILES string of the molecule is CC[C@H]1OC(=O)C(C)[C@@](O)(CN2CCCC2)[C@H](C)[C@@H](O[C@@H]2O[C@H](C)C[C@H](N(C)C)[C@H]2O)[C@@](C)(O)C[C@@H](C)CN[C@H](C)[C@@H](O)[C@]1(C)O. The highest BCUT2D eigenvalue weighted by Gasteiger charge is 2.55. The fourth-order valence-electron chi connectivity index (χ4n) is 7.99. The molecule has 3 heterocycles. The Labute approximate surface area is 276 Å². The zero-order chi connectivity index (χ0) is 34.8. The predicted octanol–water partition coefficient (Wildman–Crippen LogP) is 1.10. The molecule has 12 heteroatoms. The summed E-state index contributed by atoms with van der Waals surface area (Å²) in [5, 5.41) is 62.5. The van der Waals surface area contributed by atoms with E-state index >= 15 is 0 Å². The number of aliphatic hydroxyl groups is 5. The van der Waals surface area contributed by atoms with Crippen LogP contribution >= 0.6 is 0 Å². The maximum atomic E-state index is 14.0. The van der Waals surface area contributed by atoms with Crippen LogP contribution in [0.2, 0.25) is 0 Å². The number of hydrogen-bond acceptors (Lipinski definition) is 12. The van der Waals surface area contributed by atoms with E-state index in [0.29, 0.717) is 13.0 Å². The summed E-state index contributed by atoms with van der Waals surface area (Å²) < 4.78 is 18.7. The summed E-state index contributed by atoms with van der Waals surface area (Å²) in [6, 6.07) is -0.811. The number of carbonyl (C=O) groups excluding carboxylic acids is 1. The van der Waals surface area contributed by atoms with E-state index in [4.69, 9.17) is 14.2 Å². The fourth-order valence-corrected chi connectivity index (χ4v) is 7.99. The number of esters is 1. The molecule has 1 unspecified atom stereocenters. The quantitative estimate of drug-likeness (QED) is 0.226. The highest BCUT2D eigenvalue weighted by atomic mass is 16.7. The number of β-amino-alcohol motifs (C(OH)–C–C–N with tert-alkyl or cyclic N) is 1. The number of carbonyl (C=O) groups is 1. The number of nitrogens with one attached hydrogen (secondary N) is 1. The van der Waals surface area contributed by atoms with Crippen molar-refractivity contribution in [1.82, 2.24) is 15.1 Å². The number of ether oxygens (including phenoxy) is 3. The average Bonchev–Trinajstić information content (AvgIpc) is 3.49. The van der Waals surface area contributed by atoms with Crippen molar-refractivity contribution in [2.75, 3.05) is 40.3 Å². The predicted molar refractivity (Wildman–Crippen MR) is 175 cm³/mol. The molecule has 14 atom stereocenters. The van der Waals surface area contributed by atoms with Crippen LogP contribution in [0.1, 0.15) is 87.5 Å². The van der Waals surface area contributed by atoms with Gasteiger partial charge in [-0.2, -0.15) is 0 Å². The summed E-state index contributed by atoms with van der Waals surface area (Å²) in [6.45, 7) is 16.0. The molecule has 12 nitrogen and oxygen atoms in total.